The zero-order valence-electron chi connectivity index (χ0n) is 16.6. The average Bonchev–Trinajstić information content (AvgIpc) is 3.27. The zero-order valence-corrected chi connectivity index (χ0v) is 17.4. The Morgan fingerprint density at radius 3 is 2.77 bits per heavy atom. The number of fused-ring (bicyclic) bond motifs is 1. The molecule has 0 aliphatic heterocycles. The topological polar surface area (TPSA) is 110 Å². The summed E-state index contributed by atoms with van der Waals surface area (Å²) in [5.41, 5.74) is 5.10. The van der Waals surface area contributed by atoms with Gasteiger partial charge in [0.25, 0.3) is 5.91 Å². The predicted molar refractivity (Wildman–Crippen MR) is 118 cm³/mol. The van der Waals surface area contributed by atoms with Crippen molar-refractivity contribution in [2.24, 2.45) is 5.10 Å². The Labute approximate surface area is 181 Å². The van der Waals surface area contributed by atoms with Gasteiger partial charge in [-0.3, -0.25) is 14.7 Å². The first-order valence-electron chi connectivity index (χ1n) is 9.21. The molecule has 2 heterocycles. The first kappa shape index (κ1) is 20.4. The molecular weight excluding hydrogens is 420 g/mol. The van der Waals surface area contributed by atoms with Gasteiger partial charge in [-0.25, -0.2) is 5.43 Å². The van der Waals surface area contributed by atoms with E-state index in [0.717, 1.165) is 16.9 Å². The third-order valence-electron chi connectivity index (χ3n) is 4.66. The number of carbonyl (C=O) groups excluding carboxylic acids is 1. The normalized spacial score (nSPS) is 11.2. The molecule has 0 saturated heterocycles. The smallest absolute Gasteiger partial charge is 0.289 e. The van der Waals surface area contributed by atoms with E-state index in [1.54, 1.807) is 37.4 Å². The van der Waals surface area contributed by atoms with Crippen molar-refractivity contribution in [3.05, 3.63) is 80.8 Å². The maximum Gasteiger partial charge on any atom is 0.289 e. The summed E-state index contributed by atoms with van der Waals surface area (Å²) < 4.78 is 10.6. The number of aromatic nitrogens is 2. The van der Waals surface area contributed by atoms with Gasteiger partial charge in [-0.1, -0.05) is 11.6 Å². The minimum Gasteiger partial charge on any atom is -0.497 e. The van der Waals surface area contributed by atoms with Crippen LogP contribution in [0.1, 0.15) is 21.6 Å². The van der Waals surface area contributed by atoms with Gasteiger partial charge in [0.05, 0.1) is 30.0 Å². The molecule has 0 atom stereocenters. The molecule has 0 fully saturated rings. The van der Waals surface area contributed by atoms with Crippen LogP contribution in [0.5, 0.6) is 5.75 Å². The quantitative estimate of drug-likeness (QED) is 0.364. The summed E-state index contributed by atoms with van der Waals surface area (Å²) >= 11 is 6.10. The standard InChI is InChI=1S/C22H17ClN4O4/c1-12-7-20-16(8-17(12)23)21(28)14(11-31-20)10-24-27-22(29)19-9-18(25-26-19)13-3-5-15(30-2)6-4-13/h3-11H,1-2H3,(H,25,26)(H,27,29)/b24-10+. The van der Waals surface area contributed by atoms with E-state index in [1.165, 1.54) is 12.5 Å². The number of nitrogens with one attached hydrogen (secondary N) is 2. The second-order valence-electron chi connectivity index (χ2n) is 6.71. The highest BCUT2D eigenvalue weighted by Gasteiger charge is 2.11. The van der Waals surface area contributed by atoms with Crippen molar-refractivity contribution in [1.29, 1.82) is 0 Å². The van der Waals surface area contributed by atoms with Crippen LogP contribution in [0, 0.1) is 6.92 Å². The van der Waals surface area contributed by atoms with Gasteiger partial charge in [0.1, 0.15) is 23.3 Å². The summed E-state index contributed by atoms with van der Waals surface area (Å²) in [6.07, 6.45) is 2.50. The Balaban J connectivity index is 1.48. The molecule has 1 amide bonds. The van der Waals surface area contributed by atoms with Gasteiger partial charge < -0.3 is 9.15 Å². The van der Waals surface area contributed by atoms with Gasteiger partial charge in [0.15, 0.2) is 0 Å². The number of ether oxygens (including phenoxy) is 1. The van der Waals surface area contributed by atoms with Crippen LogP contribution >= 0.6 is 11.6 Å². The van der Waals surface area contributed by atoms with E-state index in [0.29, 0.717) is 21.7 Å². The SMILES string of the molecule is COc1ccc(-c2cc(C(=O)N/N=C/c3coc4cc(C)c(Cl)cc4c3=O)[nH]n2)cc1. The monoisotopic (exact) mass is 436 g/mol. The molecule has 2 N–H and O–H groups in total. The van der Waals surface area contributed by atoms with Gasteiger partial charge in [-0.2, -0.15) is 10.2 Å². The summed E-state index contributed by atoms with van der Waals surface area (Å²) in [5.74, 6) is 0.217. The van der Waals surface area contributed by atoms with E-state index < -0.39 is 5.91 Å². The summed E-state index contributed by atoms with van der Waals surface area (Å²) in [6.45, 7) is 1.82. The largest absolute Gasteiger partial charge is 0.497 e. The van der Waals surface area contributed by atoms with Gasteiger partial charge in [0.2, 0.25) is 5.43 Å². The summed E-state index contributed by atoms with van der Waals surface area (Å²) in [6, 6.07) is 12.1. The lowest BCUT2D eigenvalue weighted by Gasteiger charge is -2.02. The summed E-state index contributed by atoms with van der Waals surface area (Å²) in [5, 5.41) is 11.5. The molecule has 0 saturated carbocycles. The Morgan fingerprint density at radius 1 is 1.26 bits per heavy atom. The minimum atomic E-state index is -0.507. The molecule has 0 aliphatic carbocycles. The van der Waals surface area contributed by atoms with Crippen LogP contribution in [0.3, 0.4) is 0 Å². The number of H-pyrrole nitrogens is 1. The molecule has 31 heavy (non-hydrogen) atoms. The van der Waals surface area contributed by atoms with E-state index in [-0.39, 0.29) is 16.7 Å². The molecule has 0 spiro atoms. The lowest BCUT2D eigenvalue weighted by molar-refractivity contribution is 0.0950. The van der Waals surface area contributed by atoms with Gasteiger partial charge in [-0.05, 0) is 55.0 Å². The van der Waals surface area contributed by atoms with Gasteiger partial charge in [-0.15, -0.1) is 0 Å². The number of aryl methyl sites for hydroxylation is 1. The Kier molecular flexibility index (Phi) is 5.55. The molecule has 0 radical (unpaired) electrons. The van der Waals surface area contributed by atoms with Crippen LogP contribution in [0.2, 0.25) is 5.02 Å². The minimum absolute atomic E-state index is 0.177. The van der Waals surface area contributed by atoms with Crippen molar-refractivity contribution >= 4 is 34.7 Å². The van der Waals surface area contributed by atoms with Crippen LogP contribution < -0.4 is 15.6 Å². The number of benzene rings is 2. The molecule has 9 heteroatoms. The predicted octanol–water partition coefficient (Wildman–Crippen LogP) is 3.92. The zero-order chi connectivity index (χ0) is 22.0. The van der Waals surface area contributed by atoms with Crippen molar-refractivity contribution in [1.82, 2.24) is 15.6 Å². The second-order valence-corrected chi connectivity index (χ2v) is 7.12. The molecule has 4 rings (SSSR count). The van der Waals surface area contributed by atoms with Gasteiger partial charge >= 0.3 is 0 Å². The van der Waals surface area contributed by atoms with Crippen molar-refractivity contribution < 1.29 is 13.9 Å². The molecular formula is C22H17ClN4O4. The van der Waals surface area contributed by atoms with E-state index >= 15 is 0 Å². The van der Waals surface area contributed by atoms with Crippen molar-refractivity contribution in [3.63, 3.8) is 0 Å². The highest BCUT2D eigenvalue weighted by molar-refractivity contribution is 6.32. The van der Waals surface area contributed by atoms with Crippen LogP contribution in [-0.4, -0.2) is 29.4 Å². The lowest BCUT2D eigenvalue weighted by Crippen LogP contribution is -2.19. The maximum absolute atomic E-state index is 12.6. The van der Waals surface area contributed by atoms with E-state index in [2.05, 4.69) is 20.7 Å². The molecule has 0 unspecified atom stereocenters. The van der Waals surface area contributed by atoms with E-state index in [1.807, 2.05) is 19.1 Å². The molecule has 2 aromatic heterocycles. The summed E-state index contributed by atoms with van der Waals surface area (Å²) in [7, 11) is 1.59. The Bertz CT molecular complexity index is 1360. The first-order valence-corrected chi connectivity index (χ1v) is 9.59. The van der Waals surface area contributed by atoms with E-state index in [4.69, 9.17) is 20.8 Å². The molecule has 2 aromatic carbocycles. The van der Waals surface area contributed by atoms with Crippen molar-refractivity contribution in [3.8, 4) is 17.0 Å². The fourth-order valence-corrected chi connectivity index (χ4v) is 3.09. The Morgan fingerprint density at radius 2 is 2.03 bits per heavy atom. The number of hydrogen-bond acceptors (Lipinski definition) is 6. The maximum atomic E-state index is 12.6. The Hall–Kier alpha value is -3.91. The van der Waals surface area contributed by atoms with Crippen LogP contribution in [0.25, 0.3) is 22.2 Å². The average molecular weight is 437 g/mol. The number of rotatable bonds is 5. The number of aromatic amines is 1. The third kappa shape index (κ3) is 4.19. The van der Waals surface area contributed by atoms with Crippen molar-refractivity contribution in [2.45, 2.75) is 6.92 Å². The van der Waals surface area contributed by atoms with Crippen LogP contribution in [0.15, 0.2) is 63.0 Å². The van der Waals surface area contributed by atoms with Crippen LogP contribution in [-0.2, 0) is 0 Å². The van der Waals surface area contributed by atoms with Crippen LogP contribution in [0.4, 0.5) is 0 Å². The third-order valence-corrected chi connectivity index (χ3v) is 5.07. The molecule has 0 aliphatic rings. The number of hydrogen-bond donors (Lipinski definition) is 2. The lowest BCUT2D eigenvalue weighted by atomic mass is 10.1. The molecule has 8 nitrogen and oxygen atoms in total. The number of halogens is 1. The molecule has 156 valence electrons. The number of carbonyl (C=O) groups is 1. The fourth-order valence-electron chi connectivity index (χ4n) is 2.92. The number of hydrazone groups is 1. The summed E-state index contributed by atoms with van der Waals surface area (Å²) in [4.78, 5) is 24.9. The highest BCUT2D eigenvalue weighted by atomic mass is 35.5. The van der Waals surface area contributed by atoms with E-state index in [9.17, 15) is 9.59 Å². The first-order chi connectivity index (χ1) is 15.0. The number of amides is 1. The second kappa shape index (κ2) is 8.45. The number of methoxy groups -OCH3 is 1. The molecule has 0 bridgehead atoms. The fraction of sp³-hybridized carbons (Fsp3) is 0.0909. The number of nitrogens with zero attached hydrogens (tertiary/aromatic N) is 2. The molecule has 4 aromatic rings. The van der Waals surface area contributed by atoms with Gasteiger partial charge in [0, 0.05) is 10.6 Å². The highest BCUT2D eigenvalue weighted by Crippen LogP contribution is 2.22. The van der Waals surface area contributed by atoms with Crippen molar-refractivity contribution in [2.75, 3.05) is 7.11 Å².